The molecule has 208 valence electrons. The lowest BCUT2D eigenvalue weighted by Crippen LogP contribution is -3.00. The molecule has 0 spiro atoms. The van der Waals surface area contributed by atoms with Crippen molar-refractivity contribution in [2.75, 3.05) is 11.9 Å². The SMILES string of the molecule is CCCCCCCCCCCCCCOc1ccc(C(=O)Nc2ccccc2C[n+]2ccsc2)c(Cl)c1.[Br-]. The number of hydrogen-bond donors (Lipinski definition) is 1. The zero-order valence-electron chi connectivity index (χ0n) is 22.6. The Hall–Kier alpha value is -1.89. The standard InChI is InChI=1S/C31H41ClN2O2S.BrH/c1-2-3-4-5-6-7-8-9-10-11-12-15-21-36-27-18-19-28(29(32)23-27)31(35)33-30-17-14-13-16-26(30)24-34-20-22-37-25-34;/h13-14,16-20,22-23,25H,2-12,15,21,24H2,1H3;1H. The molecule has 0 aliphatic rings. The minimum atomic E-state index is -0.222. The van der Waals surface area contributed by atoms with Crippen molar-refractivity contribution in [1.82, 2.24) is 0 Å². The number of halogens is 2. The molecule has 1 amide bonds. The molecule has 0 aliphatic heterocycles. The normalized spacial score (nSPS) is 10.7. The van der Waals surface area contributed by atoms with Crippen LogP contribution in [0.15, 0.2) is 59.6 Å². The highest BCUT2D eigenvalue weighted by atomic mass is 79.9. The summed E-state index contributed by atoms with van der Waals surface area (Å²) in [5.41, 5.74) is 4.32. The summed E-state index contributed by atoms with van der Waals surface area (Å²) in [6.07, 6.45) is 17.9. The fourth-order valence-corrected chi connectivity index (χ4v) is 5.28. The van der Waals surface area contributed by atoms with Crippen molar-refractivity contribution in [2.45, 2.75) is 90.5 Å². The first-order valence-corrected chi connectivity index (χ1v) is 15.2. The Labute approximate surface area is 248 Å². The van der Waals surface area contributed by atoms with Crippen LogP contribution in [0.25, 0.3) is 0 Å². The maximum Gasteiger partial charge on any atom is 0.257 e. The van der Waals surface area contributed by atoms with Gasteiger partial charge >= 0.3 is 0 Å². The van der Waals surface area contributed by atoms with Crippen molar-refractivity contribution in [2.24, 2.45) is 0 Å². The number of para-hydroxylation sites is 1. The van der Waals surface area contributed by atoms with Crippen molar-refractivity contribution >= 4 is 34.5 Å². The van der Waals surface area contributed by atoms with Crippen LogP contribution in [0, 0.1) is 0 Å². The first kappa shape index (κ1) is 32.3. The molecule has 4 nitrogen and oxygen atoms in total. The second-order valence-corrected chi connectivity index (χ2v) is 10.9. The second kappa shape index (κ2) is 19.2. The van der Waals surface area contributed by atoms with E-state index < -0.39 is 0 Å². The number of aromatic nitrogens is 1. The molecule has 1 heterocycles. The van der Waals surface area contributed by atoms with Gasteiger partial charge in [-0.2, -0.15) is 4.57 Å². The number of benzene rings is 2. The van der Waals surface area contributed by atoms with Gasteiger partial charge in [-0.1, -0.05) is 119 Å². The highest BCUT2D eigenvalue weighted by molar-refractivity contribution is 7.07. The van der Waals surface area contributed by atoms with Crippen molar-refractivity contribution in [3.63, 3.8) is 0 Å². The number of ether oxygens (including phenoxy) is 1. The Bertz CT molecular complexity index is 1060. The third-order valence-corrected chi connectivity index (χ3v) is 7.58. The molecule has 3 rings (SSSR count). The monoisotopic (exact) mass is 620 g/mol. The number of carbonyl (C=O) groups excluding carboxylic acids is 1. The maximum atomic E-state index is 12.9. The zero-order chi connectivity index (χ0) is 26.1. The molecule has 3 aromatic rings. The van der Waals surface area contributed by atoms with E-state index in [-0.39, 0.29) is 22.9 Å². The second-order valence-electron chi connectivity index (χ2n) is 9.69. The van der Waals surface area contributed by atoms with Gasteiger partial charge in [0.2, 0.25) is 5.51 Å². The van der Waals surface area contributed by atoms with Crippen LogP contribution in [0.4, 0.5) is 5.69 Å². The number of unbranched alkanes of at least 4 members (excludes halogenated alkanes) is 11. The summed E-state index contributed by atoms with van der Waals surface area (Å²) in [4.78, 5) is 12.9. The van der Waals surface area contributed by atoms with Gasteiger partial charge < -0.3 is 27.0 Å². The molecule has 1 N–H and O–H groups in total. The van der Waals surface area contributed by atoms with E-state index in [0.29, 0.717) is 29.5 Å². The highest BCUT2D eigenvalue weighted by Crippen LogP contribution is 2.25. The molecule has 7 heteroatoms. The van der Waals surface area contributed by atoms with Crippen LogP contribution in [-0.2, 0) is 6.54 Å². The first-order chi connectivity index (χ1) is 18.2. The van der Waals surface area contributed by atoms with Crippen LogP contribution in [0.3, 0.4) is 0 Å². The number of anilines is 1. The summed E-state index contributed by atoms with van der Waals surface area (Å²) in [6, 6.07) is 13.2. The number of thiazole rings is 1. The van der Waals surface area contributed by atoms with E-state index in [1.165, 1.54) is 70.6 Å². The third kappa shape index (κ3) is 11.9. The van der Waals surface area contributed by atoms with Crippen molar-refractivity contribution in [1.29, 1.82) is 0 Å². The van der Waals surface area contributed by atoms with Gasteiger partial charge in [0.25, 0.3) is 5.91 Å². The number of nitrogens with one attached hydrogen (secondary N) is 1. The summed E-state index contributed by atoms with van der Waals surface area (Å²) in [6.45, 7) is 3.64. The van der Waals surface area contributed by atoms with E-state index in [4.69, 9.17) is 16.3 Å². The van der Waals surface area contributed by atoms with Crippen LogP contribution in [0.2, 0.25) is 5.02 Å². The Morgan fingerprint density at radius 2 is 1.58 bits per heavy atom. The van der Waals surface area contributed by atoms with E-state index in [1.807, 2.05) is 47.4 Å². The molecular formula is C31H42BrClN2O2S. The van der Waals surface area contributed by atoms with Crippen LogP contribution in [0.5, 0.6) is 5.75 Å². The Morgan fingerprint density at radius 1 is 0.921 bits per heavy atom. The molecule has 0 atom stereocenters. The number of amides is 1. The zero-order valence-corrected chi connectivity index (χ0v) is 25.8. The van der Waals surface area contributed by atoms with Gasteiger partial charge in [-0.05, 0) is 30.7 Å². The van der Waals surface area contributed by atoms with Crippen LogP contribution in [0.1, 0.15) is 99.9 Å². The molecule has 0 bridgehead atoms. The van der Waals surface area contributed by atoms with Gasteiger partial charge in [0.05, 0.1) is 28.3 Å². The fraction of sp³-hybridized carbons (Fsp3) is 0.484. The lowest BCUT2D eigenvalue weighted by molar-refractivity contribution is -0.683. The minimum Gasteiger partial charge on any atom is -1.00 e. The molecule has 0 radical (unpaired) electrons. The molecular weight excluding hydrogens is 580 g/mol. The number of carbonyl (C=O) groups is 1. The quantitative estimate of drug-likeness (QED) is 0.138. The van der Waals surface area contributed by atoms with Gasteiger partial charge in [-0.3, -0.25) is 4.79 Å². The van der Waals surface area contributed by atoms with Crippen LogP contribution >= 0.6 is 22.9 Å². The predicted octanol–water partition coefficient (Wildman–Crippen LogP) is 6.07. The largest absolute Gasteiger partial charge is 1.00 e. The topological polar surface area (TPSA) is 42.2 Å². The summed E-state index contributed by atoms with van der Waals surface area (Å²) in [5.74, 6) is 0.485. The Kier molecular flexibility index (Phi) is 16.3. The molecule has 2 aromatic carbocycles. The fourth-order valence-electron chi connectivity index (χ4n) is 4.42. The van der Waals surface area contributed by atoms with Crippen molar-refractivity contribution in [3.05, 3.63) is 75.7 Å². The average Bonchev–Trinajstić information content (AvgIpc) is 3.41. The van der Waals surface area contributed by atoms with E-state index in [9.17, 15) is 4.79 Å². The van der Waals surface area contributed by atoms with Gasteiger partial charge in [0.1, 0.15) is 5.75 Å². The lowest BCUT2D eigenvalue weighted by Gasteiger charge is -2.11. The molecule has 0 saturated heterocycles. The molecule has 0 fully saturated rings. The van der Waals surface area contributed by atoms with Gasteiger partial charge in [0, 0.05) is 5.56 Å². The summed E-state index contributed by atoms with van der Waals surface area (Å²) < 4.78 is 7.98. The Morgan fingerprint density at radius 3 is 2.21 bits per heavy atom. The highest BCUT2D eigenvalue weighted by Gasteiger charge is 2.15. The van der Waals surface area contributed by atoms with Crippen molar-refractivity contribution in [3.8, 4) is 5.75 Å². The van der Waals surface area contributed by atoms with Crippen LogP contribution < -0.4 is 31.6 Å². The Balaban J connectivity index is 0.00000507. The molecule has 0 unspecified atom stereocenters. The van der Waals surface area contributed by atoms with Gasteiger partial charge in [-0.15, -0.1) is 0 Å². The molecule has 1 aromatic heterocycles. The van der Waals surface area contributed by atoms with E-state index in [2.05, 4.69) is 16.8 Å². The van der Waals surface area contributed by atoms with Crippen LogP contribution in [-0.4, -0.2) is 12.5 Å². The van der Waals surface area contributed by atoms with E-state index in [1.54, 1.807) is 23.5 Å². The van der Waals surface area contributed by atoms with Gasteiger partial charge in [0.15, 0.2) is 12.7 Å². The smallest absolute Gasteiger partial charge is 0.257 e. The van der Waals surface area contributed by atoms with E-state index >= 15 is 0 Å². The van der Waals surface area contributed by atoms with E-state index in [0.717, 1.165) is 17.7 Å². The number of rotatable bonds is 18. The summed E-state index contributed by atoms with van der Waals surface area (Å²) >= 11 is 8.10. The third-order valence-electron chi connectivity index (χ3n) is 6.60. The van der Waals surface area contributed by atoms with Crippen molar-refractivity contribution < 1.29 is 31.1 Å². The predicted molar refractivity (Wildman–Crippen MR) is 156 cm³/mol. The average molecular weight is 622 g/mol. The number of hydrogen-bond acceptors (Lipinski definition) is 3. The molecule has 0 aliphatic carbocycles. The molecule has 38 heavy (non-hydrogen) atoms. The molecule has 0 saturated carbocycles. The summed E-state index contributed by atoms with van der Waals surface area (Å²) in [7, 11) is 0. The maximum absolute atomic E-state index is 12.9. The van der Waals surface area contributed by atoms with Gasteiger partial charge in [-0.25, -0.2) is 0 Å². The lowest BCUT2D eigenvalue weighted by atomic mass is 10.1. The summed E-state index contributed by atoms with van der Waals surface area (Å²) in [5, 5.41) is 5.45. The first-order valence-electron chi connectivity index (χ1n) is 13.9. The number of nitrogens with zero attached hydrogens (tertiary/aromatic N) is 1. The minimum absolute atomic E-state index is 0.